The lowest BCUT2D eigenvalue weighted by molar-refractivity contribution is 0.394. The summed E-state index contributed by atoms with van der Waals surface area (Å²) in [5.41, 5.74) is 5.21. The molecule has 2 N–H and O–H groups in total. The number of ether oxygens (including phenoxy) is 2. The highest BCUT2D eigenvalue weighted by molar-refractivity contribution is 7.80. The molecule has 0 bridgehead atoms. The van der Waals surface area contributed by atoms with Crippen molar-refractivity contribution < 1.29 is 9.47 Å². The van der Waals surface area contributed by atoms with Crippen LogP contribution in [-0.2, 0) is 0 Å². The fourth-order valence-electron chi connectivity index (χ4n) is 3.97. The van der Waals surface area contributed by atoms with E-state index in [1.54, 1.807) is 14.2 Å². The summed E-state index contributed by atoms with van der Waals surface area (Å²) in [7, 11) is 3.30. The summed E-state index contributed by atoms with van der Waals surface area (Å²) < 4.78 is 11.0. The van der Waals surface area contributed by atoms with Crippen molar-refractivity contribution in [2.24, 2.45) is 0 Å². The minimum Gasteiger partial charge on any atom is -0.497 e. The fourth-order valence-corrected chi connectivity index (χ4v) is 4.31. The van der Waals surface area contributed by atoms with Gasteiger partial charge in [0.05, 0.1) is 37.7 Å². The zero-order valence-corrected chi connectivity index (χ0v) is 17.7. The van der Waals surface area contributed by atoms with Crippen molar-refractivity contribution in [1.82, 2.24) is 15.3 Å². The number of thiocarbonyl (C=S) groups is 1. The Morgan fingerprint density at radius 3 is 2.52 bits per heavy atom. The third-order valence-corrected chi connectivity index (χ3v) is 5.57. The number of aryl methyl sites for hydroxylation is 2. The van der Waals surface area contributed by atoms with E-state index in [2.05, 4.69) is 40.1 Å². The number of benzene rings is 1. The molecule has 0 radical (unpaired) electrons. The van der Waals surface area contributed by atoms with Gasteiger partial charge in [0.1, 0.15) is 11.5 Å². The second-order valence-electron chi connectivity index (χ2n) is 7.07. The van der Waals surface area contributed by atoms with Crippen LogP contribution in [0.2, 0.25) is 0 Å². The lowest BCUT2D eigenvalue weighted by Crippen LogP contribution is -2.29. The maximum atomic E-state index is 5.79. The van der Waals surface area contributed by atoms with Gasteiger partial charge in [-0.1, -0.05) is 6.07 Å². The van der Waals surface area contributed by atoms with E-state index in [0.29, 0.717) is 10.9 Å². The summed E-state index contributed by atoms with van der Waals surface area (Å²) in [6.07, 6.45) is 1.81. The smallest absolute Gasteiger partial charge is 0.174 e. The van der Waals surface area contributed by atoms with E-state index in [4.69, 9.17) is 21.7 Å². The van der Waals surface area contributed by atoms with Crippen LogP contribution in [0.3, 0.4) is 0 Å². The first-order chi connectivity index (χ1) is 14.0. The van der Waals surface area contributed by atoms with Gasteiger partial charge in [0, 0.05) is 23.7 Å². The molecule has 2 atom stereocenters. The number of rotatable bonds is 5. The zero-order chi connectivity index (χ0) is 20.5. The van der Waals surface area contributed by atoms with E-state index in [1.807, 2.05) is 42.6 Å². The molecule has 1 aromatic carbocycles. The first-order valence-electron chi connectivity index (χ1n) is 9.42. The molecule has 0 saturated carbocycles. The first-order valence-corrected chi connectivity index (χ1v) is 9.83. The average molecular weight is 409 g/mol. The summed E-state index contributed by atoms with van der Waals surface area (Å²) in [4.78, 5) is 10.1. The standard InChI is InChI=1S/C22H24N4O2S/c1-13-11-16(14(2)24-13)21-20(17-7-5-6-10-23-17)25-22(29)26(21)18-9-8-15(27-3)12-19(18)28-4/h5-12,20-21,24H,1-4H3,(H,25,29)/t20-,21+/m0/s1. The lowest BCUT2D eigenvalue weighted by atomic mass is 9.96. The second-order valence-corrected chi connectivity index (χ2v) is 7.45. The Morgan fingerprint density at radius 2 is 1.90 bits per heavy atom. The zero-order valence-electron chi connectivity index (χ0n) is 16.9. The highest BCUT2D eigenvalue weighted by Crippen LogP contribution is 2.46. The first kappa shape index (κ1) is 19.3. The van der Waals surface area contributed by atoms with E-state index >= 15 is 0 Å². The molecular formula is C22H24N4O2S. The molecular weight excluding hydrogens is 384 g/mol. The lowest BCUT2D eigenvalue weighted by Gasteiger charge is -2.29. The van der Waals surface area contributed by atoms with Gasteiger partial charge in [-0.05, 0) is 62.0 Å². The van der Waals surface area contributed by atoms with Gasteiger partial charge in [-0.3, -0.25) is 4.98 Å². The van der Waals surface area contributed by atoms with Crippen LogP contribution in [-0.4, -0.2) is 29.3 Å². The summed E-state index contributed by atoms with van der Waals surface area (Å²) in [6, 6.07) is 13.7. The van der Waals surface area contributed by atoms with Crippen molar-refractivity contribution in [3.05, 3.63) is 71.3 Å². The molecule has 0 unspecified atom stereocenters. The average Bonchev–Trinajstić information content (AvgIpc) is 3.25. The molecule has 0 amide bonds. The van der Waals surface area contributed by atoms with E-state index in [1.165, 1.54) is 5.56 Å². The molecule has 7 heteroatoms. The van der Waals surface area contributed by atoms with Crippen LogP contribution in [0.15, 0.2) is 48.7 Å². The van der Waals surface area contributed by atoms with Crippen molar-refractivity contribution in [2.75, 3.05) is 19.1 Å². The number of nitrogens with one attached hydrogen (secondary N) is 2. The third-order valence-electron chi connectivity index (χ3n) is 5.25. The Labute approximate surface area is 175 Å². The van der Waals surface area contributed by atoms with Crippen LogP contribution >= 0.6 is 12.2 Å². The minimum atomic E-state index is -0.0931. The molecule has 4 rings (SSSR count). The molecule has 1 fully saturated rings. The Bertz CT molecular complexity index is 1030. The van der Waals surface area contributed by atoms with Crippen LogP contribution in [0.4, 0.5) is 5.69 Å². The van der Waals surface area contributed by atoms with Gasteiger partial charge in [0.15, 0.2) is 5.11 Å². The fraction of sp³-hybridized carbons (Fsp3) is 0.273. The maximum absolute atomic E-state index is 5.79. The van der Waals surface area contributed by atoms with Crippen molar-refractivity contribution >= 4 is 23.0 Å². The van der Waals surface area contributed by atoms with Gasteiger partial charge in [0.2, 0.25) is 0 Å². The number of H-pyrrole nitrogens is 1. The Balaban J connectivity index is 1.88. The molecule has 2 aromatic heterocycles. The van der Waals surface area contributed by atoms with Crippen molar-refractivity contribution in [3.8, 4) is 11.5 Å². The van der Waals surface area contributed by atoms with Crippen LogP contribution < -0.4 is 19.7 Å². The number of anilines is 1. The normalized spacial score (nSPS) is 18.6. The van der Waals surface area contributed by atoms with Crippen LogP contribution in [0.1, 0.15) is 34.7 Å². The SMILES string of the molecule is COc1ccc(N2C(=S)N[C@@H](c3ccccn3)[C@H]2c2cc(C)[nH]c2C)c(OC)c1. The molecule has 150 valence electrons. The van der Waals surface area contributed by atoms with Crippen molar-refractivity contribution in [2.45, 2.75) is 25.9 Å². The third kappa shape index (κ3) is 3.42. The topological polar surface area (TPSA) is 62.4 Å². The van der Waals surface area contributed by atoms with Gasteiger partial charge in [-0.15, -0.1) is 0 Å². The minimum absolute atomic E-state index is 0.0790. The summed E-state index contributed by atoms with van der Waals surface area (Å²) >= 11 is 5.79. The number of aromatic nitrogens is 2. The van der Waals surface area contributed by atoms with E-state index in [0.717, 1.165) is 28.5 Å². The van der Waals surface area contributed by atoms with Gasteiger partial charge in [-0.2, -0.15) is 0 Å². The Morgan fingerprint density at radius 1 is 1.07 bits per heavy atom. The largest absolute Gasteiger partial charge is 0.497 e. The monoisotopic (exact) mass is 408 g/mol. The predicted molar refractivity (Wildman–Crippen MR) is 118 cm³/mol. The summed E-state index contributed by atoms with van der Waals surface area (Å²) in [6.45, 7) is 4.15. The van der Waals surface area contributed by atoms with Gasteiger partial charge >= 0.3 is 0 Å². The van der Waals surface area contributed by atoms with Crippen LogP contribution in [0.5, 0.6) is 11.5 Å². The molecule has 1 aliphatic heterocycles. The highest BCUT2D eigenvalue weighted by atomic mass is 32.1. The molecule has 1 saturated heterocycles. The predicted octanol–water partition coefficient (Wildman–Crippen LogP) is 4.22. The maximum Gasteiger partial charge on any atom is 0.174 e. The van der Waals surface area contributed by atoms with Crippen LogP contribution in [0.25, 0.3) is 0 Å². The molecule has 3 heterocycles. The van der Waals surface area contributed by atoms with Crippen molar-refractivity contribution in [1.29, 1.82) is 0 Å². The van der Waals surface area contributed by atoms with E-state index in [-0.39, 0.29) is 12.1 Å². The van der Waals surface area contributed by atoms with E-state index < -0.39 is 0 Å². The van der Waals surface area contributed by atoms with Gasteiger partial charge < -0.3 is 24.7 Å². The number of nitrogens with zero attached hydrogens (tertiary/aromatic N) is 2. The van der Waals surface area contributed by atoms with Gasteiger partial charge in [0.25, 0.3) is 0 Å². The molecule has 3 aromatic rings. The van der Waals surface area contributed by atoms with E-state index in [9.17, 15) is 0 Å². The number of hydrogen-bond acceptors (Lipinski definition) is 4. The molecule has 0 spiro atoms. The summed E-state index contributed by atoms with van der Waals surface area (Å²) in [5.74, 6) is 1.43. The highest BCUT2D eigenvalue weighted by Gasteiger charge is 2.42. The number of methoxy groups -OCH3 is 2. The summed E-state index contributed by atoms with van der Waals surface area (Å²) in [5, 5.41) is 4.11. The molecule has 0 aliphatic carbocycles. The number of hydrogen-bond donors (Lipinski definition) is 2. The van der Waals surface area contributed by atoms with Crippen molar-refractivity contribution in [3.63, 3.8) is 0 Å². The number of pyridine rings is 1. The molecule has 6 nitrogen and oxygen atoms in total. The molecule has 1 aliphatic rings. The quantitative estimate of drug-likeness (QED) is 0.617. The van der Waals surface area contributed by atoms with Crippen LogP contribution in [0, 0.1) is 13.8 Å². The van der Waals surface area contributed by atoms with Gasteiger partial charge in [-0.25, -0.2) is 0 Å². The molecule has 29 heavy (non-hydrogen) atoms. The Kier molecular flexibility index (Phi) is 5.15. The second kappa shape index (κ2) is 7.75. The Hall–Kier alpha value is -3.06. The number of aromatic amines is 1.